The smallest absolute Gasteiger partial charge is 0.291 e. The number of nitrogens with zero attached hydrogens (tertiary/aromatic N) is 6. The van der Waals surface area contributed by atoms with Crippen LogP contribution in [0, 0.1) is 6.92 Å². The maximum absolute atomic E-state index is 12.9. The molecular formula is C19H25N7O3. The third-order valence-corrected chi connectivity index (χ3v) is 6.16. The Balaban J connectivity index is 1.35. The molecule has 2 amide bonds. The van der Waals surface area contributed by atoms with Crippen LogP contribution in [0.3, 0.4) is 0 Å². The van der Waals surface area contributed by atoms with Crippen molar-refractivity contribution >= 4 is 17.6 Å². The van der Waals surface area contributed by atoms with Crippen LogP contribution in [0.25, 0.3) is 0 Å². The highest BCUT2D eigenvalue weighted by atomic mass is 16.5. The fraction of sp³-hybridized carbons (Fsp3) is 0.632. The van der Waals surface area contributed by atoms with Gasteiger partial charge in [0.2, 0.25) is 5.82 Å². The van der Waals surface area contributed by atoms with Crippen LogP contribution in [0.1, 0.15) is 54.2 Å². The van der Waals surface area contributed by atoms with E-state index in [4.69, 9.17) is 4.74 Å². The number of fused-ring (bicyclic) bond motifs is 3. The zero-order chi connectivity index (χ0) is 20.2. The summed E-state index contributed by atoms with van der Waals surface area (Å²) in [6.07, 6.45) is 4.45. The fourth-order valence-electron chi connectivity index (χ4n) is 4.68. The molecule has 29 heavy (non-hydrogen) atoms. The molecule has 1 spiro atoms. The molecule has 1 saturated carbocycles. The second-order valence-electron chi connectivity index (χ2n) is 8.11. The van der Waals surface area contributed by atoms with Gasteiger partial charge in [-0.15, -0.1) is 5.10 Å². The zero-order valence-electron chi connectivity index (χ0n) is 16.7. The van der Waals surface area contributed by atoms with E-state index >= 15 is 0 Å². The molecule has 4 heterocycles. The van der Waals surface area contributed by atoms with E-state index in [1.54, 1.807) is 21.3 Å². The van der Waals surface area contributed by atoms with Crippen molar-refractivity contribution in [2.24, 2.45) is 0 Å². The molecular weight excluding hydrogens is 374 g/mol. The van der Waals surface area contributed by atoms with E-state index < -0.39 is 17.6 Å². The van der Waals surface area contributed by atoms with Gasteiger partial charge in [-0.2, -0.15) is 5.10 Å². The summed E-state index contributed by atoms with van der Waals surface area (Å²) in [5, 5.41) is 11.7. The van der Waals surface area contributed by atoms with Crippen LogP contribution in [0.4, 0.5) is 5.82 Å². The van der Waals surface area contributed by atoms with Gasteiger partial charge in [-0.1, -0.05) is 0 Å². The Morgan fingerprint density at radius 2 is 2.03 bits per heavy atom. The highest BCUT2D eigenvalue weighted by Crippen LogP contribution is 2.42. The van der Waals surface area contributed by atoms with Crippen molar-refractivity contribution in [3.63, 3.8) is 0 Å². The SMILES string of the molecule is Cc1cc2n(n1)CC[C@H](NC(=O)c1nc3n(n1)CCOC31CCCC1)C(=O)N2C. The Kier molecular flexibility index (Phi) is 4.19. The summed E-state index contributed by atoms with van der Waals surface area (Å²) < 4.78 is 9.65. The molecule has 1 fully saturated rings. The summed E-state index contributed by atoms with van der Waals surface area (Å²) in [5.74, 6) is 0.982. The van der Waals surface area contributed by atoms with Gasteiger partial charge in [-0.3, -0.25) is 14.5 Å². The molecule has 1 atom stereocenters. The van der Waals surface area contributed by atoms with Gasteiger partial charge in [0.15, 0.2) is 5.82 Å². The maximum atomic E-state index is 12.9. The van der Waals surface area contributed by atoms with E-state index in [0.717, 1.165) is 43.0 Å². The number of ether oxygens (including phenoxy) is 1. The standard InChI is InChI=1S/C19H25N7O3/c1-12-11-14-24(2)17(28)13(5-8-25(14)22-12)20-16(27)15-21-18-19(6-3-4-7-19)29-10-9-26(18)23-15/h11,13H,3-10H2,1-2H3,(H,20,27)/t13-/m0/s1. The van der Waals surface area contributed by atoms with Crippen LogP contribution in [0.5, 0.6) is 0 Å². The van der Waals surface area contributed by atoms with Crippen LogP contribution in [-0.2, 0) is 28.2 Å². The van der Waals surface area contributed by atoms with Crippen molar-refractivity contribution in [3.8, 4) is 0 Å². The van der Waals surface area contributed by atoms with Crippen molar-refractivity contribution < 1.29 is 14.3 Å². The first kappa shape index (κ1) is 18.3. The van der Waals surface area contributed by atoms with Gasteiger partial charge in [0.25, 0.3) is 11.8 Å². The number of carbonyl (C=O) groups is 2. The van der Waals surface area contributed by atoms with Gasteiger partial charge in [-0.05, 0) is 39.0 Å². The first-order chi connectivity index (χ1) is 14.0. The molecule has 2 aliphatic heterocycles. The molecule has 2 aromatic rings. The Morgan fingerprint density at radius 3 is 2.83 bits per heavy atom. The van der Waals surface area contributed by atoms with Crippen molar-refractivity contribution in [3.05, 3.63) is 23.4 Å². The van der Waals surface area contributed by atoms with E-state index in [2.05, 4.69) is 20.5 Å². The minimum Gasteiger partial charge on any atom is -0.365 e. The summed E-state index contributed by atoms with van der Waals surface area (Å²) in [5.41, 5.74) is 0.452. The normalized spacial score (nSPS) is 23.0. The third kappa shape index (κ3) is 2.93. The second-order valence-corrected chi connectivity index (χ2v) is 8.11. The fourth-order valence-corrected chi connectivity index (χ4v) is 4.68. The van der Waals surface area contributed by atoms with Crippen LogP contribution < -0.4 is 10.2 Å². The lowest BCUT2D eigenvalue weighted by Gasteiger charge is -2.32. The van der Waals surface area contributed by atoms with E-state index in [9.17, 15) is 9.59 Å². The predicted octanol–water partition coefficient (Wildman–Crippen LogP) is 0.748. The number of likely N-dealkylation sites (N-methyl/N-ethyl adjacent to an activating group) is 1. The molecule has 1 aliphatic carbocycles. The lowest BCUT2D eigenvalue weighted by Crippen LogP contribution is -2.47. The lowest BCUT2D eigenvalue weighted by molar-refractivity contribution is -0.120. The van der Waals surface area contributed by atoms with Gasteiger partial charge in [0, 0.05) is 19.7 Å². The molecule has 0 saturated heterocycles. The predicted molar refractivity (Wildman–Crippen MR) is 102 cm³/mol. The van der Waals surface area contributed by atoms with Crippen LogP contribution in [-0.4, -0.2) is 56.1 Å². The number of aryl methyl sites for hydroxylation is 2. The van der Waals surface area contributed by atoms with Crippen molar-refractivity contribution in [2.45, 2.75) is 63.8 Å². The third-order valence-electron chi connectivity index (χ3n) is 6.16. The molecule has 0 bridgehead atoms. The van der Waals surface area contributed by atoms with Gasteiger partial charge < -0.3 is 10.1 Å². The molecule has 3 aliphatic rings. The zero-order valence-corrected chi connectivity index (χ0v) is 16.7. The lowest BCUT2D eigenvalue weighted by atomic mass is 10.00. The number of anilines is 1. The monoisotopic (exact) mass is 399 g/mol. The highest BCUT2D eigenvalue weighted by molar-refractivity contribution is 6.00. The van der Waals surface area contributed by atoms with Crippen LogP contribution in [0.2, 0.25) is 0 Å². The van der Waals surface area contributed by atoms with Gasteiger partial charge >= 0.3 is 0 Å². The molecule has 5 rings (SSSR count). The average Bonchev–Trinajstić information content (AvgIpc) is 3.41. The van der Waals surface area contributed by atoms with E-state index in [0.29, 0.717) is 26.1 Å². The maximum Gasteiger partial charge on any atom is 0.291 e. The largest absolute Gasteiger partial charge is 0.365 e. The Morgan fingerprint density at radius 1 is 1.24 bits per heavy atom. The van der Waals surface area contributed by atoms with Crippen molar-refractivity contribution in [2.75, 3.05) is 18.6 Å². The highest BCUT2D eigenvalue weighted by Gasteiger charge is 2.44. The van der Waals surface area contributed by atoms with E-state index in [1.165, 1.54) is 0 Å². The number of amides is 2. The quantitative estimate of drug-likeness (QED) is 0.799. The number of carbonyl (C=O) groups excluding carboxylic acids is 2. The number of aromatic nitrogens is 5. The van der Waals surface area contributed by atoms with E-state index in [-0.39, 0.29) is 11.7 Å². The topological polar surface area (TPSA) is 107 Å². The molecule has 0 aromatic carbocycles. The summed E-state index contributed by atoms with van der Waals surface area (Å²) in [7, 11) is 1.70. The van der Waals surface area contributed by atoms with Gasteiger partial charge in [0.1, 0.15) is 17.5 Å². The Bertz CT molecular complexity index is 973. The van der Waals surface area contributed by atoms with Crippen LogP contribution >= 0.6 is 0 Å². The molecule has 0 unspecified atom stereocenters. The molecule has 1 N–H and O–H groups in total. The molecule has 2 aromatic heterocycles. The number of hydrogen-bond acceptors (Lipinski definition) is 6. The minimum absolute atomic E-state index is 0.102. The molecule has 154 valence electrons. The summed E-state index contributed by atoms with van der Waals surface area (Å²) in [4.78, 5) is 31.8. The van der Waals surface area contributed by atoms with Gasteiger partial charge in [-0.25, -0.2) is 14.3 Å². The summed E-state index contributed by atoms with van der Waals surface area (Å²) in [6.45, 7) is 3.61. The van der Waals surface area contributed by atoms with Crippen molar-refractivity contribution in [1.29, 1.82) is 0 Å². The Labute approximate surface area is 168 Å². The Hall–Kier alpha value is -2.75. The average molecular weight is 399 g/mol. The second kappa shape index (κ2) is 6.65. The van der Waals surface area contributed by atoms with E-state index in [1.807, 2.05) is 13.0 Å². The summed E-state index contributed by atoms with van der Waals surface area (Å²) >= 11 is 0. The molecule has 10 nitrogen and oxygen atoms in total. The molecule has 0 radical (unpaired) electrons. The minimum atomic E-state index is -0.647. The van der Waals surface area contributed by atoms with Crippen molar-refractivity contribution in [1.82, 2.24) is 29.9 Å². The number of nitrogens with one attached hydrogen (secondary N) is 1. The number of hydrogen-bond donors (Lipinski definition) is 1. The first-order valence-corrected chi connectivity index (χ1v) is 10.2. The van der Waals surface area contributed by atoms with Gasteiger partial charge in [0.05, 0.1) is 18.8 Å². The summed E-state index contributed by atoms with van der Waals surface area (Å²) in [6, 6.07) is 1.22. The van der Waals surface area contributed by atoms with Crippen LogP contribution in [0.15, 0.2) is 6.07 Å². The molecule has 10 heteroatoms. The number of rotatable bonds is 2. The first-order valence-electron chi connectivity index (χ1n) is 10.2.